The van der Waals surface area contributed by atoms with Crippen LogP contribution in [0.4, 0.5) is 4.39 Å². The third-order valence-corrected chi connectivity index (χ3v) is 5.52. The second-order valence-electron chi connectivity index (χ2n) is 7.56. The standard InChI is InChI=1S/C21H30FN3O4/c1-28-11-12-29-18-5-8-24(9-6-18)20(26)14-19-21(27)23-7-10-25(19)15-16-3-2-4-17(22)13-16/h2-4,13,18-19H,5-12,14-15H2,1H3,(H,23,27)/t19-/m0/s1. The van der Waals surface area contributed by atoms with Gasteiger partial charge in [-0.2, -0.15) is 0 Å². The van der Waals surface area contributed by atoms with Crippen LogP contribution in [-0.2, 0) is 25.6 Å². The van der Waals surface area contributed by atoms with E-state index in [1.807, 2.05) is 15.9 Å². The Morgan fingerprint density at radius 2 is 2.03 bits per heavy atom. The second-order valence-corrected chi connectivity index (χ2v) is 7.56. The topological polar surface area (TPSA) is 71.1 Å². The number of carbonyl (C=O) groups is 2. The zero-order valence-electron chi connectivity index (χ0n) is 16.9. The van der Waals surface area contributed by atoms with Gasteiger partial charge < -0.3 is 19.7 Å². The van der Waals surface area contributed by atoms with Crippen LogP contribution in [0.25, 0.3) is 0 Å². The minimum Gasteiger partial charge on any atom is -0.382 e. The molecule has 2 heterocycles. The summed E-state index contributed by atoms with van der Waals surface area (Å²) in [6.45, 7) is 4.00. The highest BCUT2D eigenvalue weighted by Gasteiger charge is 2.34. The number of methoxy groups -OCH3 is 1. The lowest BCUT2D eigenvalue weighted by molar-refractivity contribution is -0.140. The van der Waals surface area contributed by atoms with Gasteiger partial charge in [-0.3, -0.25) is 14.5 Å². The van der Waals surface area contributed by atoms with Crippen LogP contribution in [0.1, 0.15) is 24.8 Å². The zero-order chi connectivity index (χ0) is 20.6. The number of rotatable bonds is 8. The van der Waals surface area contributed by atoms with E-state index in [4.69, 9.17) is 9.47 Å². The van der Waals surface area contributed by atoms with Crippen molar-refractivity contribution in [2.24, 2.45) is 0 Å². The fourth-order valence-corrected chi connectivity index (χ4v) is 3.91. The van der Waals surface area contributed by atoms with Crippen molar-refractivity contribution < 1.29 is 23.5 Å². The molecule has 1 aromatic rings. The number of nitrogens with zero attached hydrogens (tertiary/aromatic N) is 2. The first-order chi connectivity index (χ1) is 14.1. The van der Waals surface area contributed by atoms with Gasteiger partial charge in [0, 0.05) is 39.8 Å². The van der Waals surface area contributed by atoms with Crippen molar-refractivity contribution in [1.82, 2.24) is 15.1 Å². The molecule has 1 N–H and O–H groups in total. The van der Waals surface area contributed by atoms with E-state index >= 15 is 0 Å². The van der Waals surface area contributed by atoms with Gasteiger partial charge in [0.2, 0.25) is 11.8 Å². The van der Waals surface area contributed by atoms with E-state index in [1.54, 1.807) is 13.2 Å². The molecule has 2 amide bonds. The molecule has 3 rings (SSSR count). The number of hydrogen-bond acceptors (Lipinski definition) is 5. The summed E-state index contributed by atoms with van der Waals surface area (Å²) in [4.78, 5) is 29.1. The van der Waals surface area contributed by atoms with Crippen molar-refractivity contribution >= 4 is 11.8 Å². The Morgan fingerprint density at radius 3 is 2.76 bits per heavy atom. The van der Waals surface area contributed by atoms with Crippen molar-refractivity contribution in [3.05, 3.63) is 35.6 Å². The van der Waals surface area contributed by atoms with Crippen molar-refractivity contribution in [2.75, 3.05) is 46.5 Å². The molecule has 2 aliphatic heterocycles. The summed E-state index contributed by atoms with van der Waals surface area (Å²) in [6, 6.07) is 5.84. The van der Waals surface area contributed by atoms with Crippen LogP contribution in [0, 0.1) is 5.82 Å². The van der Waals surface area contributed by atoms with Crippen LogP contribution in [0.2, 0.25) is 0 Å². The van der Waals surface area contributed by atoms with Crippen molar-refractivity contribution in [1.29, 1.82) is 0 Å². The van der Waals surface area contributed by atoms with Crippen LogP contribution in [-0.4, -0.2) is 80.3 Å². The molecule has 29 heavy (non-hydrogen) atoms. The first kappa shape index (κ1) is 21.7. The molecule has 2 saturated heterocycles. The van der Waals surface area contributed by atoms with Gasteiger partial charge in [0.25, 0.3) is 0 Å². The molecule has 8 heteroatoms. The molecule has 1 atom stereocenters. The molecule has 0 spiro atoms. The van der Waals surface area contributed by atoms with Gasteiger partial charge in [-0.1, -0.05) is 12.1 Å². The predicted octanol–water partition coefficient (Wildman–Crippen LogP) is 1.17. The van der Waals surface area contributed by atoms with E-state index in [-0.39, 0.29) is 30.2 Å². The molecule has 1 aromatic carbocycles. The summed E-state index contributed by atoms with van der Waals surface area (Å²) in [5, 5.41) is 2.85. The van der Waals surface area contributed by atoms with Crippen LogP contribution >= 0.6 is 0 Å². The van der Waals surface area contributed by atoms with Gasteiger partial charge in [0.15, 0.2) is 0 Å². The molecule has 0 bridgehead atoms. The summed E-state index contributed by atoms with van der Waals surface area (Å²) in [5.41, 5.74) is 0.797. The van der Waals surface area contributed by atoms with Crippen LogP contribution < -0.4 is 5.32 Å². The number of halogens is 1. The number of carbonyl (C=O) groups excluding carboxylic acids is 2. The third-order valence-electron chi connectivity index (χ3n) is 5.52. The molecule has 2 fully saturated rings. The monoisotopic (exact) mass is 407 g/mol. The van der Waals surface area contributed by atoms with E-state index in [0.717, 1.165) is 18.4 Å². The minimum absolute atomic E-state index is 0.0216. The van der Waals surface area contributed by atoms with Crippen LogP contribution in [0.15, 0.2) is 24.3 Å². The number of ether oxygens (including phenoxy) is 2. The molecular formula is C21H30FN3O4. The van der Waals surface area contributed by atoms with E-state index in [0.29, 0.717) is 45.9 Å². The number of amides is 2. The first-order valence-corrected chi connectivity index (χ1v) is 10.2. The molecule has 0 aromatic heterocycles. The minimum atomic E-state index is -0.532. The van der Waals surface area contributed by atoms with E-state index in [2.05, 4.69) is 5.32 Å². The second kappa shape index (κ2) is 10.7. The Bertz CT molecular complexity index is 694. The smallest absolute Gasteiger partial charge is 0.237 e. The van der Waals surface area contributed by atoms with Gasteiger partial charge in [0.1, 0.15) is 5.82 Å². The number of benzene rings is 1. The Labute approximate surface area is 171 Å². The van der Waals surface area contributed by atoms with Crippen molar-refractivity contribution in [3.63, 3.8) is 0 Å². The highest BCUT2D eigenvalue weighted by molar-refractivity contribution is 5.88. The maximum Gasteiger partial charge on any atom is 0.237 e. The predicted molar refractivity (Wildman–Crippen MR) is 106 cm³/mol. The van der Waals surface area contributed by atoms with E-state index < -0.39 is 6.04 Å². The summed E-state index contributed by atoms with van der Waals surface area (Å²) < 4.78 is 24.2. The van der Waals surface area contributed by atoms with Gasteiger partial charge >= 0.3 is 0 Å². The van der Waals surface area contributed by atoms with Gasteiger partial charge in [-0.25, -0.2) is 4.39 Å². The third kappa shape index (κ3) is 6.22. The molecule has 7 nitrogen and oxygen atoms in total. The molecule has 2 aliphatic rings. The van der Waals surface area contributed by atoms with Gasteiger partial charge in [-0.05, 0) is 30.5 Å². The Balaban J connectivity index is 1.53. The zero-order valence-corrected chi connectivity index (χ0v) is 16.9. The van der Waals surface area contributed by atoms with Crippen molar-refractivity contribution in [2.45, 2.75) is 38.0 Å². The average molecular weight is 407 g/mol. The van der Waals surface area contributed by atoms with Crippen molar-refractivity contribution in [3.8, 4) is 0 Å². The molecular weight excluding hydrogens is 377 g/mol. The van der Waals surface area contributed by atoms with E-state index in [1.165, 1.54) is 12.1 Å². The maximum atomic E-state index is 13.5. The Hall–Kier alpha value is -2.03. The summed E-state index contributed by atoms with van der Waals surface area (Å²) >= 11 is 0. The lowest BCUT2D eigenvalue weighted by Gasteiger charge is -2.37. The lowest BCUT2D eigenvalue weighted by atomic mass is 10.0. The molecule has 160 valence electrons. The lowest BCUT2D eigenvalue weighted by Crippen LogP contribution is -2.56. The highest BCUT2D eigenvalue weighted by atomic mass is 19.1. The van der Waals surface area contributed by atoms with Gasteiger partial charge in [-0.15, -0.1) is 0 Å². The number of piperidine rings is 1. The molecule has 0 aliphatic carbocycles. The first-order valence-electron chi connectivity index (χ1n) is 10.2. The quantitative estimate of drug-likeness (QED) is 0.655. The number of hydrogen-bond donors (Lipinski definition) is 1. The van der Waals surface area contributed by atoms with Gasteiger partial charge in [0.05, 0.1) is 31.8 Å². The fourth-order valence-electron chi connectivity index (χ4n) is 3.91. The van der Waals surface area contributed by atoms with Crippen LogP contribution in [0.3, 0.4) is 0 Å². The molecule has 0 radical (unpaired) electrons. The Kier molecular flexibility index (Phi) is 7.97. The average Bonchev–Trinajstić information content (AvgIpc) is 2.71. The Morgan fingerprint density at radius 1 is 1.24 bits per heavy atom. The normalized spacial score (nSPS) is 21.2. The summed E-state index contributed by atoms with van der Waals surface area (Å²) in [7, 11) is 1.64. The number of likely N-dealkylation sites (tertiary alicyclic amines) is 1. The number of nitrogens with one attached hydrogen (secondary N) is 1. The number of piperazine rings is 1. The fraction of sp³-hybridized carbons (Fsp3) is 0.619. The maximum absolute atomic E-state index is 13.5. The summed E-state index contributed by atoms with van der Waals surface area (Å²) in [5.74, 6) is -0.461. The SMILES string of the molecule is COCCOC1CCN(C(=O)C[C@H]2C(=O)NCCN2Cc2cccc(F)c2)CC1. The van der Waals surface area contributed by atoms with E-state index in [9.17, 15) is 14.0 Å². The molecule has 0 saturated carbocycles. The highest BCUT2D eigenvalue weighted by Crippen LogP contribution is 2.19. The molecule has 0 unspecified atom stereocenters. The summed E-state index contributed by atoms with van der Waals surface area (Å²) in [6.07, 6.45) is 1.87. The van der Waals surface area contributed by atoms with Crippen LogP contribution in [0.5, 0.6) is 0 Å². The largest absolute Gasteiger partial charge is 0.382 e.